The first kappa shape index (κ1) is 4.76. The molecule has 0 aliphatic heterocycles. The van der Waals surface area contributed by atoms with Gasteiger partial charge in [0.15, 0.2) is 0 Å². The van der Waals surface area contributed by atoms with E-state index in [9.17, 15) is 0 Å². The van der Waals surface area contributed by atoms with Gasteiger partial charge in [-0.2, -0.15) is 0 Å². The molecule has 0 aromatic rings. The molecule has 4 unspecified atom stereocenters. The van der Waals surface area contributed by atoms with Crippen molar-refractivity contribution < 1.29 is 0 Å². The van der Waals surface area contributed by atoms with Crippen molar-refractivity contribution in [1.82, 2.24) is 0 Å². The van der Waals surface area contributed by atoms with Crippen LogP contribution in [0.5, 0.6) is 0 Å². The van der Waals surface area contributed by atoms with Crippen LogP contribution in [0, 0.1) is 23.7 Å². The Labute approximate surface area is 56.6 Å². The van der Waals surface area contributed by atoms with E-state index < -0.39 is 0 Å². The lowest BCUT2D eigenvalue weighted by atomic mass is 9.66. The van der Waals surface area contributed by atoms with Crippen LogP contribution in [-0.2, 0) is 0 Å². The van der Waals surface area contributed by atoms with Crippen LogP contribution < -0.4 is 0 Å². The van der Waals surface area contributed by atoms with Gasteiger partial charge >= 0.3 is 0 Å². The van der Waals surface area contributed by atoms with E-state index in [1.54, 1.807) is 32.1 Å². The van der Waals surface area contributed by atoms with Crippen molar-refractivity contribution in [1.29, 1.82) is 0 Å². The molecule has 0 radical (unpaired) electrons. The Morgan fingerprint density at radius 1 is 0.667 bits per heavy atom. The van der Waals surface area contributed by atoms with Crippen molar-refractivity contribution in [2.24, 2.45) is 23.7 Å². The Bertz CT molecular complexity index is 119. The zero-order chi connectivity index (χ0) is 5.84. The smallest absolute Gasteiger partial charge is 0.0355 e. The maximum absolute atomic E-state index is 1.62. The highest BCUT2D eigenvalue weighted by atomic mass is 14.6. The molecule has 50 valence electrons. The standard InChI is InChI=1S/C9H14/c1-2-7-5-6(1)8-3-4-9(7)8/h6-9H,1-5H2. The van der Waals surface area contributed by atoms with Crippen LogP contribution in [0.3, 0.4) is 0 Å². The van der Waals surface area contributed by atoms with Gasteiger partial charge in [0.25, 0.3) is 0 Å². The summed E-state index contributed by atoms with van der Waals surface area (Å²) in [6.07, 6.45) is 7.98. The summed E-state index contributed by atoms with van der Waals surface area (Å²) >= 11 is 0. The second-order valence-corrected chi connectivity index (χ2v) is 4.24. The lowest BCUT2D eigenvalue weighted by Gasteiger charge is -2.40. The predicted octanol–water partition coefficient (Wildman–Crippen LogP) is 2.44. The maximum Gasteiger partial charge on any atom is -0.0355 e. The fourth-order valence-corrected chi connectivity index (χ4v) is 3.55. The lowest BCUT2D eigenvalue weighted by molar-refractivity contribution is 0.103. The van der Waals surface area contributed by atoms with E-state index in [1.807, 2.05) is 0 Å². The summed E-state index contributed by atoms with van der Waals surface area (Å²) < 4.78 is 0. The average molecular weight is 122 g/mol. The maximum atomic E-state index is 1.62. The largest absolute Gasteiger partial charge is 0.0499 e. The number of hydrogen-bond acceptors (Lipinski definition) is 0. The van der Waals surface area contributed by atoms with Crippen molar-refractivity contribution in [2.45, 2.75) is 32.1 Å². The molecule has 3 saturated carbocycles. The molecule has 3 aliphatic rings. The first-order valence-corrected chi connectivity index (χ1v) is 4.45. The first-order valence-electron chi connectivity index (χ1n) is 4.45. The number of hydrogen-bond donors (Lipinski definition) is 0. The zero-order valence-corrected chi connectivity index (χ0v) is 5.84. The molecule has 3 aliphatic carbocycles. The number of rotatable bonds is 0. The van der Waals surface area contributed by atoms with Gasteiger partial charge in [0, 0.05) is 0 Å². The minimum atomic E-state index is 1.20. The van der Waals surface area contributed by atoms with Crippen LogP contribution in [0.15, 0.2) is 0 Å². The van der Waals surface area contributed by atoms with Crippen LogP contribution in [0.4, 0.5) is 0 Å². The summed E-state index contributed by atoms with van der Waals surface area (Å²) in [4.78, 5) is 0. The quantitative estimate of drug-likeness (QED) is 0.463. The van der Waals surface area contributed by atoms with Gasteiger partial charge in [0.2, 0.25) is 0 Å². The highest BCUT2D eigenvalue weighted by Gasteiger charge is 2.51. The molecule has 9 heavy (non-hydrogen) atoms. The average Bonchev–Trinajstić information content (AvgIpc) is 2.18. The van der Waals surface area contributed by atoms with Gasteiger partial charge in [-0.25, -0.2) is 0 Å². The van der Waals surface area contributed by atoms with Gasteiger partial charge in [0.05, 0.1) is 0 Å². The van der Waals surface area contributed by atoms with E-state index in [0.717, 1.165) is 0 Å². The molecule has 0 heteroatoms. The van der Waals surface area contributed by atoms with Crippen LogP contribution in [0.2, 0.25) is 0 Å². The zero-order valence-electron chi connectivity index (χ0n) is 5.84. The van der Waals surface area contributed by atoms with Gasteiger partial charge < -0.3 is 0 Å². The predicted molar refractivity (Wildman–Crippen MR) is 37.0 cm³/mol. The monoisotopic (exact) mass is 122 g/mol. The molecule has 0 aromatic carbocycles. The van der Waals surface area contributed by atoms with Crippen molar-refractivity contribution in [2.75, 3.05) is 0 Å². The van der Waals surface area contributed by atoms with Gasteiger partial charge in [-0.15, -0.1) is 0 Å². The summed E-state index contributed by atoms with van der Waals surface area (Å²) in [5.41, 5.74) is 0. The molecule has 0 amide bonds. The molecular weight excluding hydrogens is 108 g/mol. The third-order valence-electron chi connectivity index (χ3n) is 4.11. The Morgan fingerprint density at radius 2 is 1.22 bits per heavy atom. The fourth-order valence-electron chi connectivity index (χ4n) is 3.55. The Hall–Kier alpha value is 0. The lowest BCUT2D eigenvalue weighted by Crippen LogP contribution is -2.31. The SMILES string of the molecule is C1CC2CC1C1CCC21. The van der Waals surface area contributed by atoms with Gasteiger partial charge in [-0.1, -0.05) is 0 Å². The molecule has 0 aromatic heterocycles. The van der Waals surface area contributed by atoms with Crippen molar-refractivity contribution in [3.05, 3.63) is 0 Å². The minimum absolute atomic E-state index is 1.20. The van der Waals surface area contributed by atoms with E-state index in [4.69, 9.17) is 0 Å². The molecule has 0 N–H and O–H groups in total. The molecule has 0 heterocycles. The summed E-state index contributed by atoms with van der Waals surface area (Å²) in [6, 6.07) is 0. The second kappa shape index (κ2) is 1.36. The van der Waals surface area contributed by atoms with Gasteiger partial charge in [-0.3, -0.25) is 0 Å². The van der Waals surface area contributed by atoms with E-state index in [1.165, 1.54) is 23.7 Å². The van der Waals surface area contributed by atoms with E-state index >= 15 is 0 Å². The molecule has 0 spiro atoms. The Kier molecular flexibility index (Phi) is 0.717. The summed E-state index contributed by atoms with van der Waals surface area (Å²) in [6.45, 7) is 0. The third kappa shape index (κ3) is 0.426. The van der Waals surface area contributed by atoms with Crippen molar-refractivity contribution in [3.8, 4) is 0 Å². The summed E-state index contributed by atoms with van der Waals surface area (Å²) in [5.74, 6) is 4.86. The molecule has 4 atom stereocenters. The summed E-state index contributed by atoms with van der Waals surface area (Å²) in [5, 5.41) is 0. The van der Waals surface area contributed by atoms with Gasteiger partial charge in [0.1, 0.15) is 0 Å². The molecule has 3 rings (SSSR count). The van der Waals surface area contributed by atoms with Crippen molar-refractivity contribution in [3.63, 3.8) is 0 Å². The molecular formula is C9H14. The first-order chi connectivity index (χ1) is 4.45. The van der Waals surface area contributed by atoms with E-state index in [2.05, 4.69) is 0 Å². The molecule has 2 bridgehead atoms. The van der Waals surface area contributed by atoms with Crippen molar-refractivity contribution >= 4 is 0 Å². The highest BCUT2D eigenvalue weighted by Crippen LogP contribution is 2.60. The Balaban J connectivity index is 1.94. The van der Waals surface area contributed by atoms with E-state index in [-0.39, 0.29) is 0 Å². The van der Waals surface area contributed by atoms with Crippen LogP contribution >= 0.6 is 0 Å². The third-order valence-corrected chi connectivity index (χ3v) is 4.11. The van der Waals surface area contributed by atoms with E-state index in [0.29, 0.717) is 0 Å². The normalized spacial score (nSPS) is 61.3. The van der Waals surface area contributed by atoms with Crippen LogP contribution in [0.1, 0.15) is 32.1 Å². The Morgan fingerprint density at radius 3 is 1.56 bits per heavy atom. The highest BCUT2D eigenvalue weighted by molar-refractivity contribution is 5.01. The molecule has 3 fully saturated rings. The van der Waals surface area contributed by atoms with Crippen LogP contribution in [-0.4, -0.2) is 0 Å². The molecule has 0 nitrogen and oxygen atoms in total. The second-order valence-electron chi connectivity index (χ2n) is 4.24. The van der Waals surface area contributed by atoms with Crippen LogP contribution in [0.25, 0.3) is 0 Å². The fraction of sp³-hybridized carbons (Fsp3) is 1.00. The topological polar surface area (TPSA) is 0 Å². The number of fused-ring (bicyclic) bond motifs is 5. The minimum Gasteiger partial charge on any atom is -0.0499 e. The molecule has 0 saturated heterocycles. The van der Waals surface area contributed by atoms with Gasteiger partial charge in [-0.05, 0) is 55.8 Å². The summed E-state index contributed by atoms with van der Waals surface area (Å²) in [7, 11) is 0.